The Kier molecular flexibility index (Phi) is 2.94. The third-order valence-electron chi connectivity index (χ3n) is 3.89. The average Bonchev–Trinajstić information content (AvgIpc) is 2.73. The molecule has 1 saturated carbocycles. The van der Waals surface area contributed by atoms with E-state index in [1.165, 1.54) is 6.07 Å². The maximum atomic E-state index is 13.4. The van der Waals surface area contributed by atoms with E-state index in [1.54, 1.807) is 19.9 Å². The molecule has 0 saturated heterocycles. The van der Waals surface area contributed by atoms with E-state index in [-0.39, 0.29) is 5.82 Å². The highest BCUT2D eigenvalue weighted by atomic mass is 19.1. The zero-order chi connectivity index (χ0) is 12.6. The van der Waals surface area contributed by atoms with Crippen LogP contribution >= 0.6 is 0 Å². The first kappa shape index (κ1) is 12.1. The van der Waals surface area contributed by atoms with Crippen LogP contribution in [0.1, 0.15) is 42.4 Å². The van der Waals surface area contributed by atoms with Crippen molar-refractivity contribution in [2.24, 2.45) is 0 Å². The molecule has 0 spiro atoms. The van der Waals surface area contributed by atoms with Gasteiger partial charge in [0, 0.05) is 0 Å². The van der Waals surface area contributed by atoms with Crippen LogP contribution in [0.5, 0.6) is 0 Å². The number of carboxylic acids is 1. The van der Waals surface area contributed by atoms with Crippen LogP contribution in [-0.4, -0.2) is 11.1 Å². The lowest BCUT2D eigenvalue weighted by molar-refractivity contribution is -0.143. The summed E-state index contributed by atoms with van der Waals surface area (Å²) in [7, 11) is 0. The Morgan fingerprint density at radius 3 is 2.35 bits per heavy atom. The van der Waals surface area contributed by atoms with Gasteiger partial charge in [0.05, 0.1) is 5.41 Å². The summed E-state index contributed by atoms with van der Waals surface area (Å²) in [6.45, 7) is 3.48. The number of hydrogen-bond donors (Lipinski definition) is 1. The second-order valence-electron chi connectivity index (χ2n) is 5.01. The standard InChI is InChI=1S/C14H17FO2/c1-9-8-12(15)10(2)7-11(9)14(13(16)17)5-3-4-6-14/h7-8H,3-6H2,1-2H3,(H,16,17). The van der Waals surface area contributed by atoms with Gasteiger partial charge in [-0.15, -0.1) is 0 Å². The van der Waals surface area contributed by atoms with Crippen molar-refractivity contribution in [2.75, 3.05) is 0 Å². The van der Waals surface area contributed by atoms with Gasteiger partial charge in [-0.3, -0.25) is 4.79 Å². The summed E-state index contributed by atoms with van der Waals surface area (Å²) in [5.74, 6) is -1.03. The molecule has 1 aliphatic rings. The molecule has 1 aromatic rings. The Labute approximate surface area is 100 Å². The minimum absolute atomic E-state index is 0.259. The van der Waals surface area contributed by atoms with Gasteiger partial charge >= 0.3 is 5.97 Å². The molecule has 0 amide bonds. The molecule has 1 N–H and O–H groups in total. The summed E-state index contributed by atoms with van der Waals surface area (Å²) in [5.41, 5.74) is 1.28. The lowest BCUT2D eigenvalue weighted by Gasteiger charge is -2.26. The number of hydrogen-bond acceptors (Lipinski definition) is 1. The number of rotatable bonds is 2. The molecule has 1 aliphatic carbocycles. The van der Waals surface area contributed by atoms with Crippen LogP contribution in [0.15, 0.2) is 12.1 Å². The van der Waals surface area contributed by atoms with Crippen molar-refractivity contribution in [3.05, 3.63) is 34.6 Å². The fourth-order valence-corrected chi connectivity index (χ4v) is 2.87. The van der Waals surface area contributed by atoms with Crippen LogP contribution < -0.4 is 0 Å². The highest BCUT2D eigenvalue weighted by Crippen LogP contribution is 2.43. The highest BCUT2D eigenvalue weighted by molar-refractivity contribution is 5.82. The van der Waals surface area contributed by atoms with Gasteiger partial charge in [-0.25, -0.2) is 4.39 Å². The van der Waals surface area contributed by atoms with Crippen LogP contribution in [0, 0.1) is 19.7 Å². The SMILES string of the molecule is Cc1cc(C2(C(=O)O)CCCC2)c(C)cc1F. The third kappa shape index (κ3) is 1.84. The fourth-order valence-electron chi connectivity index (χ4n) is 2.87. The summed E-state index contributed by atoms with van der Waals surface area (Å²) < 4.78 is 13.4. The quantitative estimate of drug-likeness (QED) is 0.855. The van der Waals surface area contributed by atoms with Crippen molar-refractivity contribution in [1.82, 2.24) is 0 Å². The van der Waals surface area contributed by atoms with Crippen molar-refractivity contribution < 1.29 is 14.3 Å². The molecule has 1 fully saturated rings. The maximum absolute atomic E-state index is 13.4. The van der Waals surface area contributed by atoms with Crippen molar-refractivity contribution in [1.29, 1.82) is 0 Å². The Hall–Kier alpha value is -1.38. The van der Waals surface area contributed by atoms with Gasteiger partial charge < -0.3 is 5.11 Å². The zero-order valence-electron chi connectivity index (χ0n) is 10.2. The van der Waals surface area contributed by atoms with E-state index in [1.807, 2.05) is 0 Å². The van der Waals surface area contributed by atoms with Crippen molar-refractivity contribution in [3.8, 4) is 0 Å². The van der Waals surface area contributed by atoms with E-state index in [0.717, 1.165) is 24.0 Å². The normalized spacial score (nSPS) is 18.3. The molecule has 0 radical (unpaired) electrons. The van der Waals surface area contributed by atoms with Crippen LogP contribution in [-0.2, 0) is 10.2 Å². The molecule has 0 heterocycles. The molecule has 3 heteroatoms. The summed E-state index contributed by atoms with van der Waals surface area (Å²) in [4.78, 5) is 11.6. The van der Waals surface area contributed by atoms with Gasteiger partial charge in [-0.1, -0.05) is 18.9 Å². The first-order chi connectivity index (χ1) is 7.97. The smallest absolute Gasteiger partial charge is 0.314 e. The molecule has 92 valence electrons. The first-order valence-corrected chi connectivity index (χ1v) is 5.98. The lowest BCUT2D eigenvalue weighted by atomic mass is 9.76. The fraction of sp³-hybridized carbons (Fsp3) is 0.500. The maximum Gasteiger partial charge on any atom is 0.314 e. The van der Waals surface area contributed by atoms with Gasteiger partial charge in [0.15, 0.2) is 0 Å². The van der Waals surface area contributed by atoms with Gasteiger partial charge in [-0.05, 0) is 49.4 Å². The van der Waals surface area contributed by atoms with E-state index in [2.05, 4.69) is 0 Å². The molecule has 0 aromatic heterocycles. The van der Waals surface area contributed by atoms with Crippen LogP contribution in [0.2, 0.25) is 0 Å². The Morgan fingerprint density at radius 1 is 1.24 bits per heavy atom. The van der Waals surface area contributed by atoms with Gasteiger partial charge in [-0.2, -0.15) is 0 Å². The van der Waals surface area contributed by atoms with Gasteiger partial charge in [0.1, 0.15) is 5.82 Å². The third-order valence-corrected chi connectivity index (χ3v) is 3.89. The monoisotopic (exact) mass is 236 g/mol. The van der Waals surface area contributed by atoms with Crippen LogP contribution in [0.4, 0.5) is 4.39 Å². The van der Waals surface area contributed by atoms with Crippen molar-refractivity contribution >= 4 is 5.97 Å². The summed E-state index contributed by atoms with van der Waals surface area (Å²) in [6.07, 6.45) is 3.19. The van der Waals surface area contributed by atoms with E-state index in [9.17, 15) is 14.3 Å². The summed E-state index contributed by atoms with van der Waals surface area (Å²) in [6, 6.07) is 3.16. The topological polar surface area (TPSA) is 37.3 Å². The number of halogens is 1. The molecule has 2 nitrogen and oxygen atoms in total. The Morgan fingerprint density at radius 2 is 1.82 bits per heavy atom. The van der Waals surface area contributed by atoms with Crippen molar-refractivity contribution in [3.63, 3.8) is 0 Å². The average molecular weight is 236 g/mol. The Balaban J connectivity index is 2.58. The molecule has 0 aliphatic heterocycles. The number of carboxylic acid groups (broad SMARTS) is 1. The van der Waals surface area contributed by atoms with Crippen LogP contribution in [0.3, 0.4) is 0 Å². The van der Waals surface area contributed by atoms with E-state index >= 15 is 0 Å². The lowest BCUT2D eigenvalue weighted by Crippen LogP contribution is -2.33. The largest absolute Gasteiger partial charge is 0.481 e. The van der Waals surface area contributed by atoms with Gasteiger partial charge in [0.25, 0.3) is 0 Å². The molecule has 17 heavy (non-hydrogen) atoms. The number of aliphatic carboxylic acids is 1. The summed E-state index contributed by atoms with van der Waals surface area (Å²) in [5, 5.41) is 9.51. The number of benzene rings is 1. The summed E-state index contributed by atoms with van der Waals surface area (Å²) >= 11 is 0. The van der Waals surface area contributed by atoms with E-state index in [4.69, 9.17) is 0 Å². The molecule has 2 rings (SSSR count). The Bertz CT molecular complexity index is 460. The van der Waals surface area contributed by atoms with Crippen molar-refractivity contribution in [2.45, 2.75) is 44.9 Å². The molecule has 0 unspecified atom stereocenters. The first-order valence-electron chi connectivity index (χ1n) is 5.98. The van der Waals surface area contributed by atoms with E-state index in [0.29, 0.717) is 18.4 Å². The second kappa shape index (κ2) is 4.13. The predicted octanol–water partition coefficient (Wildman–Crippen LogP) is 3.34. The second-order valence-corrected chi connectivity index (χ2v) is 5.01. The minimum atomic E-state index is -0.789. The molecular formula is C14H17FO2. The molecule has 1 aromatic carbocycles. The zero-order valence-corrected chi connectivity index (χ0v) is 10.2. The van der Waals surface area contributed by atoms with Gasteiger partial charge in [0.2, 0.25) is 0 Å². The molecule has 0 atom stereocenters. The van der Waals surface area contributed by atoms with Crippen LogP contribution in [0.25, 0.3) is 0 Å². The highest BCUT2D eigenvalue weighted by Gasteiger charge is 2.43. The minimum Gasteiger partial charge on any atom is -0.481 e. The van der Waals surface area contributed by atoms with E-state index < -0.39 is 11.4 Å². The molecular weight excluding hydrogens is 219 g/mol. The number of carbonyl (C=O) groups is 1. The molecule has 0 bridgehead atoms. The predicted molar refractivity (Wildman–Crippen MR) is 63.7 cm³/mol. The number of aryl methyl sites for hydroxylation is 2.